The molecule has 3 aromatic carbocycles. The molecule has 1 atom stereocenters. The molecule has 1 amide bonds. The summed E-state index contributed by atoms with van der Waals surface area (Å²) in [5.74, 6) is -0.708. The molecule has 1 aliphatic carbocycles. The third-order valence-corrected chi connectivity index (χ3v) is 7.41. The van der Waals surface area contributed by atoms with E-state index in [-0.39, 0.29) is 18.6 Å². The SMILES string of the molecule is CC1Cc2ccccc2N1C(=O)COC(=O)c1c2c(nc3ccccc13)/C(=C\c1ccc(Cl)cc1)CC2. The molecule has 0 fully saturated rings. The number of amides is 1. The molecule has 0 spiro atoms. The summed E-state index contributed by atoms with van der Waals surface area (Å²) in [6, 6.07) is 23.1. The molecule has 0 bridgehead atoms. The fourth-order valence-electron chi connectivity index (χ4n) is 5.49. The van der Waals surface area contributed by atoms with Crippen LogP contribution in [0.15, 0.2) is 72.8 Å². The monoisotopic (exact) mass is 508 g/mol. The van der Waals surface area contributed by atoms with Crippen LogP contribution in [0.4, 0.5) is 5.69 Å². The summed E-state index contributed by atoms with van der Waals surface area (Å²) in [6.45, 7) is 1.70. The van der Waals surface area contributed by atoms with Crippen LogP contribution in [0.3, 0.4) is 0 Å². The first kappa shape index (κ1) is 23.4. The summed E-state index contributed by atoms with van der Waals surface area (Å²) < 4.78 is 5.67. The van der Waals surface area contributed by atoms with Gasteiger partial charge in [-0.25, -0.2) is 9.78 Å². The number of rotatable bonds is 4. The molecular formula is C31H25ClN2O3. The Morgan fingerprint density at radius 3 is 2.62 bits per heavy atom. The van der Waals surface area contributed by atoms with Crippen LogP contribution >= 0.6 is 11.6 Å². The Balaban J connectivity index is 1.31. The average Bonchev–Trinajstić information content (AvgIpc) is 3.46. The average molecular weight is 509 g/mol. The Morgan fingerprint density at radius 2 is 1.78 bits per heavy atom. The van der Waals surface area contributed by atoms with Gasteiger partial charge in [-0.15, -0.1) is 0 Å². The summed E-state index contributed by atoms with van der Waals surface area (Å²) in [6.07, 6.45) is 4.33. The lowest BCUT2D eigenvalue weighted by Crippen LogP contribution is -2.38. The van der Waals surface area contributed by atoms with Crippen molar-refractivity contribution in [1.82, 2.24) is 4.98 Å². The number of pyridine rings is 1. The van der Waals surface area contributed by atoms with E-state index < -0.39 is 5.97 Å². The molecular weight excluding hydrogens is 484 g/mol. The zero-order valence-electron chi connectivity index (χ0n) is 20.4. The first-order valence-corrected chi connectivity index (χ1v) is 12.8. The second kappa shape index (κ2) is 9.49. The first-order chi connectivity index (χ1) is 18.0. The number of aromatic nitrogens is 1. The first-order valence-electron chi connectivity index (χ1n) is 12.4. The molecule has 5 nitrogen and oxygen atoms in total. The Kier molecular flexibility index (Phi) is 6.01. The minimum atomic E-state index is -0.490. The van der Waals surface area contributed by atoms with E-state index >= 15 is 0 Å². The fraction of sp³-hybridized carbons (Fsp3) is 0.194. The predicted molar refractivity (Wildman–Crippen MR) is 147 cm³/mol. The van der Waals surface area contributed by atoms with Crippen molar-refractivity contribution >= 4 is 51.7 Å². The summed E-state index contributed by atoms with van der Waals surface area (Å²) in [7, 11) is 0. The molecule has 2 heterocycles. The Morgan fingerprint density at radius 1 is 1.03 bits per heavy atom. The summed E-state index contributed by atoms with van der Waals surface area (Å²) in [5.41, 5.74) is 7.03. The van der Waals surface area contributed by atoms with E-state index in [0.717, 1.165) is 57.4 Å². The van der Waals surface area contributed by atoms with Crippen LogP contribution in [0.25, 0.3) is 22.6 Å². The minimum Gasteiger partial charge on any atom is -0.452 e. The van der Waals surface area contributed by atoms with E-state index in [1.807, 2.05) is 79.7 Å². The summed E-state index contributed by atoms with van der Waals surface area (Å²) >= 11 is 6.05. The van der Waals surface area contributed by atoms with Crippen LogP contribution in [-0.4, -0.2) is 29.5 Å². The van der Waals surface area contributed by atoms with Crippen molar-refractivity contribution in [3.8, 4) is 0 Å². The minimum absolute atomic E-state index is 0.0233. The highest BCUT2D eigenvalue weighted by molar-refractivity contribution is 6.30. The number of ether oxygens (including phenoxy) is 1. The van der Waals surface area contributed by atoms with Crippen LogP contribution in [-0.2, 0) is 22.4 Å². The molecule has 6 heteroatoms. The second-order valence-electron chi connectivity index (χ2n) is 9.57. The number of nitrogens with zero attached hydrogens (tertiary/aromatic N) is 2. The van der Waals surface area contributed by atoms with Gasteiger partial charge in [0.05, 0.1) is 16.8 Å². The lowest BCUT2D eigenvalue weighted by atomic mass is 10.0. The smallest absolute Gasteiger partial charge is 0.339 e. The van der Waals surface area contributed by atoms with Gasteiger partial charge in [-0.05, 0) is 78.8 Å². The van der Waals surface area contributed by atoms with E-state index in [0.29, 0.717) is 17.0 Å². The highest BCUT2D eigenvalue weighted by Gasteiger charge is 2.32. The topological polar surface area (TPSA) is 59.5 Å². The highest BCUT2D eigenvalue weighted by atomic mass is 35.5. The second-order valence-corrected chi connectivity index (χ2v) is 10.0. The van der Waals surface area contributed by atoms with Crippen LogP contribution in [0.2, 0.25) is 5.02 Å². The van der Waals surface area contributed by atoms with Gasteiger partial charge in [-0.2, -0.15) is 0 Å². The van der Waals surface area contributed by atoms with Gasteiger partial charge in [0.2, 0.25) is 0 Å². The van der Waals surface area contributed by atoms with Gasteiger partial charge in [0.15, 0.2) is 6.61 Å². The van der Waals surface area contributed by atoms with Gasteiger partial charge in [-0.3, -0.25) is 4.79 Å². The Bertz CT molecular complexity index is 1580. The van der Waals surface area contributed by atoms with Crippen molar-refractivity contribution in [2.24, 2.45) is 0 Å². The third-order valence-electron chi connectivity index (χ3n) is 7.16. The van der Waals surface area contributed by atoms with Gasteiger partial charge in [0.25, 0.3) is 5.91 Å². The molecule has 4 aromatic rings. The van der Waals surface area contributed by atoms with Gasteiger partial charge >= 0.3 is 5.97 Å². The Hall–Kier alpha value is -3.96. The van der Waals surface area contributed by atoms with Gasteiger partial charge in [-0.1, -0.05) is 60.1 Å². The van der Waals surface area contributed by atoms with Crippen LogP contribution in [0.1, 0.15) is 46.1 Å². The van der Waals surface area contributed by atoms with Crippen molar-refractivity contribution in [2.45, 2.75) is 32.2 Å². The predicted octanol–water partition coefficient (Wildman–Crippen LogP) is 6.51. The zero-order chi connectivity index (χ0) is 25.5. The summed E-state index contributed by atoms with van der Waals surface area (Å²) in [4.78, 5) is 33.3. The quantitative estimate of drug-likeness (QED) is 0.295. The Labute approximate surface area is 220 Å². The molecule has 6 rings (SSSR count). The number of fused-ring (bicyclic) bond motifs is 3. The molecule has 0 saturated heterocycles. The van der Waals surface area contributed by atoms with Crippen LogP contribution < -0.4 is 4.90 Å². The molecule has 2 aliphatic rings. The lowest BCUT2D eigenvalue weighted by Gasteiger charge is -2.22. The molecule has 1 aliphatic heterocycles. The maximum Gasteiger partial charge on any atom is 0.339 e. The maximum absolute atomic E-state index is 13.5. The number of halogens is 1. The molecule has 1 unspecified atom stereocenters. The van der Waals surface area contributed by atoms with E-state index in [9.17, 15) is 9.59 Å². The lowest BCUT2D eigenvalue weighted by molar-refractivity contribution is -0.122. The number of hydrogen-bond acceptors (Lipinski definition) is 4. The highest BCUT2D eigenvalue weighted by Crippen LogP contribution is 2.38. The van der Waals surface area contributed by atoms with Crippen molar-refractivity contribution in [2.75, 3.05) is 11.5 Å². The molecule has 1 aromatic heterocycles. The van der Waals surface area contributed by atoms with Crippen molar-refractivity contribution < 1.29 is 14.3 Å². The van der Waals surface area contributed by atoms with Crippen molar-refractivity contribution in [1.29, 1.82) is 0 Å². The number of esters is 1. The third kappa shape index (κ3) is 4.30. The molecule has 0 saturated carbocycles. The van der Waals surface area contributed by atoms with Gasteiger partial charge in [0.1, 0.15) is 0 Å². The summed E-state index contributed by atoms with van der Waals surface area (Å²) in [5, 5.41) is 1.43. The van der Waals surface area contributed by atoms with Crippen LogP contribution in [0.5, 0.6) is 0 Å². The number of benzene rings is 3. The standard InChI is InChI=1S/C31H25ClN2O3/c1-19-16-21-6-2-5-9-27(21)34(19)28(35)18-37-31(36)29-24-7-3-4-8-26(24)33-30-22(12-15-25(29)30)17-20-10-13-23(32)14-11-20/h2-11,13-14,17,19H,12,15-16,18H2,1H3/b22-17-. The number of anilines is 1. The molecule has 37 heavy (non-hydrogen) atoms. The molecule has 0 radical (unpaired) electrons. The van der Waals surface area contributed by atoms with E-state index in [4.69, 9.17) is 21.3 Å². The number of hydrogen-bond donors (Lipinski definition) is 0. The maximum atomic E-state index is 13.5. The largest absolute Gasteiger partial charge is 0.452 e. The normalized spacial score (nSPS) is 17.2. The van der Waals surface area contributed by atoms with Gasteiger partial charge in [0, 0.05) is 22.1 Å². The number of allylic oxidation sites excluding steroid dienone is 1. The van der Waals surface area contributed by atoms with Crippen molar-refractivity contribution in [3.05, 3.63) is 106 Å². The van der Waals surface area contributed by atoms with Crippen molar-refractivity contribution in [3.63, 3.8) is 0 Å². The van der Waals surface area contributed by atoms with Crippen LogP contribution in [0, 0.1) is 0 Å². The zero-order valence-corrected chi connectivity index (χ0v) is 21.2. The van der Waals surface area contributed by atoms with E-state index in [1.165, 1.54) is 0 Å². The molecule has 184 valence electrons. The fourth-order valence-corrected chi connectivity index (χ4v) is 5.61. The van der Waals surface area contributed by atoms with Gasteiger partial charge < -0.3 is 9.64 Å². The van der Waals surface area contributed by atoms with E-state index in [2.05, 4.69) is 6.08 Å². The molecule has 0 N–H and O–H groups in total. The number of para-hydroxylation sites is 2. The number of carbonyl (C=O) groups is 2. The van der Waals surface area contributed by atoms with E-state index in [1.54, 1.807) is 4.90 Å². The number of carbonyl (C=O) groups excluding carboxylic acids is 2.